The number of aromatic nitrogens is 1. The van der Waals surface area contributed by atoms with E-state index in [1.54, 1.807) is 27.1 Å². The fourth-order valence-corrected chi connectivity index (χ4v) is 8.86. The highest BCUT2D eigenvalue weighted by Crippen LogP contribution is 2.57. The SMILES string of the molecule is COc1c(F)ccc2c(O[C@@H]3C[C@H]4C(=O)C[C@]5(C(=O)NS(=O)(=O)C6(C)CC6)C[C@H]5/C=C\CCCCC[C@H](NC(=O)N(C)C)C(=O)N4C3)cc(OC(C)C)nc12. The van der Waals surface area contributed by atoms with Gasteiger partial charge < -0.3 is 29.3 Å². The van der Waals surface area contributed by atoms with Crippen LogP contribution >= 0.6 is 0 Å². The quantitative estimate of drug-likeness (QED) is 0.341. The molecule has 55 heavy (non-hydrogen) atoms. The molecule has 0 spiro atoms. The van der Waals surface area contributed by atoms with Crippen LogP contribution in [-0.4, -0.2) is 104 Å². The van der Waals surface area contributed by atoms with Crippen molar-refractivity contribution in [1.82, 2.24) is 24.8 Å². The fraction of sp³-hybridized carbons (Fsp3) is 0.615. The van der Waals surface area contributed by atoms with E-state index >= 15 is 0 Å². The third-order valence-corrected chi connectivity index (χ3v) is 13.4. The first-order valence-corrected chi connectivity index (χ1v) is 20.5. The summed E-state index contributed by atoms with van der Waals surface area (Å²) >= 11 is 0. The number of pyridine rings is 1. The highest BCUT2D eigenvalue weighted by atomic mass is 32.2. The van der Waals surface area contributed by atoms with Gasteiger partial charge in [-0.1, -0.05) is 25.0 Å². The summed E-state index contributed by atoms with van der Waals surface area (Å²) in [7, 11) is 0.499. The van der Waals surface area contributed by atoms with E-state index < -0.39 is 67.8 Å². The zero-order valence-corrected chi connectivity index (χ0v) is 33.2. The van der Waals surface area contributed by atoms with E-state index in [2.05, 4.69) is 15.0 Å². The highest BCUT2D eigenvalue weighted by Gasteiger charge is 2.62. The van der Waals surface area contributed by atoms with Crippen molar-refractivity contribution in [2.24, 2.45) is 11.3 Å². The number of allylic oxidation sites excluding steroid dienone is 2. The standard InChI is InChI=1S/C39H52FN5O9S/c1-23(2)53-32-19-31(26-14-15-27(40)34(52-6)33(26)42-32)54-25-18-29-30(46)21-39(36(48)43-55(50,51)38(3)16-17-38)20-24(39)12-10-8-7-9-11-13-28(35(47)45(29)22-25)41-37(49)44(4)5/h10,12,14-15,19,23-25,28-29H,7-9,11,13,16-18,20-22H2,1-6H3,(H,41,49)(H,43,48)/b12-10-/t24-,25-,28+,29+,39-/m1/s1. The minimum absolute atomic E-state index is 0.0377. The van der Waals surface area contributed by atoms with Gasteiger partial charge in [0.05, 0.1) is 36.0 Å². The van der Waals surface area contributed by atoms with Gasteiger partial charge in [-0.05, 0) is 77.3 Å². The predicted molar refractivity (Wildman–Crippen MR) is 202 cm³/mol. The molecule has 6 rings (SSSR count). The number of benzene rings is 1. The molecule has 300 valence electrons. The molecule has 1 saturated heterocycles. The van der Waals surface area contributed by atoms with E-state index in [1.165, 1.54) is 29.0 Å². The number of hydrogen-bond donors (Lipinski definition) is 2. The van der Waals surface area contributed by atoms with Crippen LogP contribution in [0.4, 0.5) is 9.18 Å². The molecule has 3 fully saturated rings. The molecule has 1 aromatic heterocycles. The summed E-state index contributed by atoms with van der Waals surface area (Å²) in [6.45, 7) is 5.18. The van der Waals surface area contributed by atoms with Crippen LogP contribution in [0.15, 0.2) is 30.4 Å². The summed E-state index contributed by atoms with van der Waals surface area (Å²) < 4.78 is 60.2. The van der Waals surface area contributed by atoms with Gasteiger partial charge >= 0.3 is 6.03 Å². The molecule has 2 aromatic rings. The lowest BCUT2D eigenvalue weighted by atomic mass is 9.91. The Balaban J connectivity index is 1.36. The Morgan fingerprint density at radius 1 is 1.13 bits per heavy atom. The molecular weight excluding hydrogens is 734 g/mol. The largest absolute Gasteiger partial charge is 0.491 e. The number of hydrogen-bond acceptors (Lipinski definition) is 10. The Bertz CT molecular complexity index is 1980. The van der Waals surface area contributed by atoms with Gasteiger partial charge in [0.2, 0.25) is 27.7 Å². The molecule has 5 atom stereocenters. The minimum Gasteiger partial charge on any atom is -0.491 e. The van der Waals surface area contributed by atoms with Crippen molar-refractivity contribution in [2.75, 3.05) is 27.7 Å². The van der Waals surface area contributed by atoms with Crippen LogP contribution in [0.25, 0.3) is 10.9 Å². The van der Waals surface area contributed by atoms with Crippen molar-refractivity contribution in [3.63, 3.8) is 0 Å². The molecule has 0 unspecified atom stereocenters. The minimum atomic E-state index is -3.97. The molecule has 2 aliphatic carbocycles. The maximum Gasteiger partial charge on any atom is 0.317 e. The van der Waals surface area contributed by atoms with E-state index in [1.807, 2.05) is 26.0 Å². The number of nitrogens with one attached hydrogen (secondary N) is 2. The zero-order valence-electron chi connectivity index (χ0n) is 32.4. The predicted octanol–water partition coefficient (Wildman–Crippen LogP) is 4.64. The van der Waals surface area contributed by atoms with Crippen LogP contribution in [0, 0.1) is 17.2 Å². The summed E-state index contributed by atoms with van der Waals surface area (Å²) in [6.07, 6.45) is 7.01. The van der Waals surface area contributed by atoms with Crippen LogP contribution in [0.2, 0.25) is 0 Å². The number of fused-ring (bicyclic) bond motifs is 3. The van der Waals surface area contributed by atoms with Crippen molar-refractivity contribution in [3.05, 3.63) is 36.2 Å². The number of carbonyl (C=O) groups is 4. The van der Waals surface area contributed by atoms with E-state index in [0.29, 0.717) is 37.5 Å². The first kappa shape index (κ1) is 40.2. The summed E-state index contributed by atoms with van der Waals surface area (Å²) in [6, 6.07) is 1.85. The molecule has 3 heterocycles. The Morgan fingerprint density at radius 2 is 1.87 bits per heavy atom. The number of carbonyl (C=O) groups excluding carboxylic acids is 4. The van der Waals surface area contributed by atoms with E-state index in [9.17, 15) is 32.0 Å². The fourth-order valence-electron chi connectivity index (χ4n) is 7.53. The molecular formula is C39H52FN5O9S. The highest BCUT2D eigenvalue weighted by molar-refractivity contribution is 7.91. The number of Topliss-reactive ketones (excluding diaryl/α,β-unsaturated/α-hetero) is 1. The van der Waals surface area contributed by atoms with Gasteiger partial charge in [0.1, 0.15) is 23.4 Å². The number of halogens is 1. The molecule has 4 amide bonds. The normalized spacial score (nSPS) is 27.2. The third-order valence-electron chi connectivity index (χ3n) is 11.2. The maximum atomic E-state index is 14.8. The molecule has 1 aromatic carbocycles. The number of ether oxygens (including phenoxy) is 3. The molecule has 2 aliphatic heterocycles. The second-order valence-electron chi connectivity index (χ2n) is 16.0. The Labute approximate surface area is 321 Å². The number of sulfonamides is 1. The first-order chi connectivity index (χ1) is 26.0. The van der Waals surface area contributed by atoms with Crippen molar-refractivity contribution < 1.29 is 46.2 Å². The smallest absolute Gasteiger partial charge is 0.317 e. The van der Waals surface area contributed by atoms with E-state index in [0.717, 1.165) is 12.8 Å². The second kappa shape index (κ2) is 15.6. The van der Waals surface area contributed by atoms with Gasteiger partial charge in [-0.3, -0.25) is 19.1 Å². The third kappa shape index (κ3) is 8.38. The van der Waals surface area contributed by atoms with E-state index in [4.69, 9.17) is 14.2 Å². The monoisotopic (exact) mass is 785 g/mol. The lowest BCUT2D eigenvalue weighted by Crippen LogP contribution is -2.54. The second-order valence-corrected chi connectivity index (χ2v) is 18.2. The molecule has 4 aliphatic rings. The number of methoxy groups -OCH3 is 1. The maximum absolute atomic E-state index is 14.8. The van der Waals surface area contributed by atoms with Crippen molar-refractivity contribution in [2.45, 2.75) is 114 Å². The van der Waals surface area contributed by atoms with Gasteiger partial charge in [0.15, 0.2) is 17.3 Å². The molecule has 0 bridgehead atoms. The van der Waals surface area contributed by atoms with Gasteiger partial charge in [0.25, 0.3) is 0 Å². The van der Waals surface area contributed by atoms with Crippen LogP contribution in [-0.2, 0) is 24.4 Å². The lowest BCUT2D eigenvalue weighted by Gasteiger charge is -2.30. The Hall–Kier alpha value is -4.47. The number of urea groups is 1. The van der Waals surface area contributed by atoms with Gasteiger partial charge in [0, 0.05) is 38.4 Å². The van der Waals surface area contributed by atoms with Crippen molar-refractivity contribution >= 4 is 44.6 Å². The Kier molecular flexibility index (Phi) is 11.4. The van der Waals surface area contributed by atoms with Gasteiger partial charge in [-0.2, -0.15) is 0 Å². The first-order valence-electron chi connectivity index (χ1n) is 19.0. The summed E-state index contributed by atoms with van der Waals surface area (Å²) in [5, 5.41) is 3.25. The average molecular weight is 786 g/mol. The number of ketones is 1. The Morgan fingerprint density at radius 3 is 2.55 bits per heavy atom. The zero-order chi connectivity index (χ0) is 39.9. The molecule has 16 heteroatoms. The number of amides is 4. The van der Waals surface area contributed by atoms with E-state index in [-0.39, 0.29) is 60.7 Å². The lowest BCUT2D eigenvalue weighted by molar-refractivity contribution is -0.140. The van der Waals surface area contributed by atoms with Crippen molar-refractivity contribution in [1.29, 1.82) is 0 Å². The number of nitrogens with zero attached hydrogens (tertiary/aromatic N) is 3. The molecule has 0 radical (unpaired) electrons. The summed E-state index contributed by atoms with van der Waals surface area (Å²) in [4.78, 5) is 63.1. The van der Waals surface area contributed by atoms with Crippen LogP contribution in [0.3, 0.4) is 0 Å². The molecule has 2 N–H and O–H groups in total. The van der Waals surface area contributed by atoms with Crippen LogP contribution in [0.5, 0.6) is 17.4 Å². The average Bonchev–Trinajstić information content (AvgIpc) is 3.99. The molecule has 14 nitrogen and oxygen atoms in total. The van der Waals surface area contributed by atoms with Gasteiger partial charge in [-0.25, -0.2) is 22.6 Å². The topological polar surface area (TPSA) is 174 Å². The van der Waals surface area contributed by atoms with Crippen molar-refractivity contribution in [3.8, 4) is 17.4 Å². The van der Waals surface area contributed by atoms with Crippen LogP contribution in [0.1, 0.15) is 85.0 Å². The summed E-state index contributed by atoms with van der Waals surface area (Å²) in [5.74, 6) is -2.25. The van der Waals surface area contributed by atoms with Gasteiger partial charge in [-0.15, -0.1) is 0 Å². The molecule has 2 saturated carbocycles. The van der Waals surface area contributed by atoms with Crippen LogP contribution < -0.4 is 24.2 Å². The summed E-state index contributed by atoms with van der Waals surface area (Å²) in [5.41, 5.74) is -1.14. The number of rotatable bonds is 9.